The van der Waals surface area contributed by atoms with Crippen molar-refractivity contribution in [3.63, 3.8) is 0 Å². The van der Waals surface area contributed by atoms with Crippen molar-refractivity contribution in [2.24, 2.45) is 0 Å². The highest BCUT2D eigenvalue weighted by Crippen LogP contribution is 2.41. The molecule has 1 aromatic rings. The number of benzene rings is 1. The van der Waals surface area contributed by atoms with E-state index in [-0.39, 0.29) is 5.38 Å². The molecule has 0 radical (unpaired) electrons. The van der Waals surface area contributed by atoms with Crippen molar-refractivity contribution < 1.29 is 4.74 Å². The molecule has 0 N–H and O–H groups in total. The number of halogens is 1. The average molecular weight is 225 g/mol. The van der Waals surface area contributed by atoms with Crippen LogP contribution >= 0.6 is 11.6 Å². The van der Waals surface area contributed by atoms with E-state index < -0.39 is 0 Å². The zero-order valence-corrected chi connectivity index (χ0v) is 10.1. The molecule has 1 nitrogen and oxygen atoms in total. The monoisotopic (exact) mass is 224 g/mol. The molecule has 15 heavy (non-hydrogen) atoms. The quantitative estimate of drug-likeness (QED) is 0.693. The van der Waals surface area contributed by atoms with E-state index in [1.54, 1.807) is 7.11 Å². The summed E-state index contributed by atoms with van der Waals surface area (Å²) in [5, 5.41) is 0.278. The normalized spacial score (nSPS) is 25.5. The summed E-state index contributed by atoms with van der Waals surface area (Å²) in [7, 11) is 1.73. The standard InChI is InChI=1S/C13H17ClO/c1-9-6-7-13(15-2)11(8-9)10-4-3-5-12(10)14/h6-8,10,12H,3-5H2,1-2H3. The molecular weight excluding hydrogens is 208 g/mol. The van der Waals surface area contributed by atoms with Gasteiger partial charge < -0.3 is 4.74 Å². The number of methoxy groups -OCH3 is 1. The largest absolute Gasteiger partial charge is 0.496 e. The van der Waals surface area contributed by atoms with Crippen molar-refractivity contribution in [1.29, 1.82) is 0 Å². The first-order valence-corrected chi connectivity index (χ1v) is 5.94. The first-order chi connectivity index (χ1) is 7.22. The predicted molar refractivity (Wildman–Crippen MR) is 64.0 cm³/mol. The molecule has 0 saturated heterocycles. The summed E-state index contributed by atoms with van der Waals surface area (Å²) < 4.78 is 5.40. The molecule has 2 unspecified atom stereocenters. The summed E-state index contributed by atoms with van der Waals surface area (Å²) in [5.74, 6) is 1.46. The third-order valence-electron chi connectivity index (χ3n) is 3.22. The molecular formula is C13H17ClO. The lowest BCUT2D eigenvalue weighted by atomic mass is 9.95. The minimum absolute atomic E-state index is 0.278. The van der Waals surface area contributed by atoms with Gasteiger partial charge in [-0.3, -0.25) is 0 Å². The van der Waals surface area contributed by atoms with Crippen LogP contribution < -0.4 is 4.74 Å². The van der Waals surface area contributed by atoms with E-state index in [0.717, 1.165) is 12.2 Å². The van der Waals surface area contributed by atoms with Gasteiger partial charge in [0.25, 0.3) is 0 Å². The minimum atomic E-state index is 0.278. The smallest absolute Gasteiger partial charge is 0.122 e. The molecule has 0 aliphatic heterocycles. The fourth-order valence-corrected chi connectivity index (χ4v) is 2.82. The van der Waals surface area contributed by atoms with Crippen LogP contribution in [0.2, 0.25) is 0 Å². The topological polar surface area (TPSA) is 9.23 Å². The molecule has 1 fully saturated rings. The molecule has 0 spiro atoms. The van der Waals surface area contributed by atoms with E-state index in [1.807, 2.05) is 6.07 Å². The zero-order valence-electron chi connectivity index (χ0n) is 9.29. The molecule has 2 heteroatoms. The Hall–Kier alpha value is -0.690. The SMILES string of the molecule is COc1ccc(C)cc1C1CCCC1Cl. The second-order valence-electron chi connectivity index (χ2n) is 4.30. The van der Waals surface area contributed by atoms with Gasteiger partial charge in [0.2, 0.25) is 0 Å². The number of rotatable bonds is 2. The highest BCUT2D eigenvalue weighted by atomic mass is 35.5. The highest BCUT2D eigenvalue weighted by Gasteiger charge is 2.28. The Labute approximate surface area is 96.4 Å². The van der Waals surface area contributed by atoms with Gasteiger partial charge >= 0.3 is 0 Å². The van der Waals surface area contributed by atoms with E-state index >= 15 is 0 Å². The predicted octanol–water partition coefficient (Wildman–Crippen LogP) is 3.88. The number of alkyl halides is 1. The lowest BCUT2D eigenvalue weighted by Gasteiger charge is -2.18. The van der Waals surface area contributed by atoms with Gasteiger partial charge in [-0.1, -0.05) is 24.1 Å². The van der Waals surface area contributed by atoms with Crippen molar-refractivity contribution >= 4 is 11.6 Å². The fourth-order valence-electron chi connectivity index (χ4n) is 2.41. The average Bonchev–Trinajstić information content (AvgIpc) is 2.64. The molecule has 0 amide bonds. The van der Waals surface area contributed by atoms with Crippen LogP contribution in [0.4, 0.5) is 0 Å². The van der Waals surface area contributed by atoms with Crippen LogP contribution in [-0.2, 0) is 0 Å². The summed E-state index contributed by atoms with van der Waals surface area (Å²) in [6, 6.07) is 6.34. The molecule has 1 aliphatic rings. The Morgan fingerprint density at radius 1 is 1.33 bits per heavy atom. The Balaban J connectivity index is 2.36. The van der Waals surface area contributed by atoms with Crippen LogP contribution in [0.25, 0.3) is 0 Å². The number of ether oxygens (including phenoxy) is 1. The van der Waals surface area contributed by atoms with Gasteiger partial charge in [-0.2, -0.15) is 0 Å². The van der Waals surface area contributed by atoms with Gasteiger partial charge in [0.15, 0.2) is 0 Å². The van der Waals surface area contributed by atoms with Crippen LogP contribution in [0.3, 0.4) is 0 Å². The van der Waals surface area contributed by atoms with Gasteiger partial charge in [-0.25, -0.2) is 0 Å². The van der Waals surface area contributed by atoms with Gasteiger partial charge in [-0.05, 0) is 31.4 Å². The number of aryl methyl sites for hydroxylation is 1. The first-order valence-electron chi connectivity index (χ1n) is 5.51. The summed E-state index contributed by atoms with van der Waals surface area (Å²) in [4.78, 5) is 0. The van der Waals surface area contributed by atoms with Crippen LogP contribution in [0.15, 0.2) is 18.2 Å². The maximum Gasteiger partial charge on any atom is 0.122 e. The maximum absolute atomic E-state index is 6.34. The third kappa shape index (κ3) is 2.12. The Morgan fingerprint density at radius 3 is 2.73 bits per heavy atom. The van der Waals surface area contributed by atoms with Crippen molar-refractivity contribution in [2.75, 3.05) is 7.11 Å². The van der Waals surface area contributed by atoms with Crippen molar-refractivity contribution in [2.45, 2.75) is 37.5 Å². The third-order valence-corrected chi connectivity index (χ3v) is 3.74. The lowest BCUT2D eigenvalue weighted by molar-refractivity contribution is 0.405. The Kier molecular flexibility index (Phi) is 3.20. The molecule has 0 heterocycles. The van der Waals surface area contributed by atoms with Gasteiger partial charge in [0, 0.05) is 11.3 Å². The van der Waals surface area contributed by atoms with Crippen molar-refractivity contribution in [1.82, 2.24) is 0 Å². The number of hydrogen-bond donors (Lipinski definition) is 0. The van der Waals surface area contributed by atoms with Gasteiger partial charge in [0.05, 0.1) is 7.11 Å². The summed E-state index contributed by atoms with van der Waals surface area (Å²) in [6.07, 6.45) is 3.55. The van der Waals surface area contributed by atoms with E-state index in [0.29, 0.717) is 5.92 Å². The molecule has 1 saturated carbocycles. The van der Waals surface area contributed by atoms with Crippen LogP contribution in [-0.4, -0.2) is 12.5 Å². The van der Waals surface area contributed by atoms with E-state index in [1.165, 1.54) is 24.0 Å². The lowest BCUT2D eigenvalue weighted by Crippen LogP contribution is -2.07. The van der Waals surface area contributed by atoms with E-state index in [4.69, 9.17) is 16.3 Å². The summed E-state index contributed by atoms with van der Waals surface area (Å²) in [5.41, 5.74) is 2.57. The zero-order chi connectivity index (χ0) is 10.8. The van der Waals surface area contributed by atoms with Crippen LogP contribution in [0.1, 0.15) is 36.3 Å². The summed E-state index contributed by atoms with van der Waals surface area (Å²) in [6.45, 7) is 2.11. The van der Waals surface area contributed by atoms with Gasteiger partial charge in [0.1, 0.15) is 5.75 Å². The van der Waals surface area contributed by atoms with E-state index in [9.17, 15) is 0 Å². The van der Waals surface area contributed by atoms with Gasteiger partial charge in [-0.15, -0.1) is 11.6 Å². The number of hydrogen-bond acceptors (Lipinski definition) is 1. The molecule has 0 bridgehead atoms. The second-order valence-corrected chi connectivity index (χ2v) is 4.86. The van der Waals surface area contributed by atoms with E-state index in [2.05, 4.69) is 19.1 Å². The fraction of sp³-hybridized carbons (Fsp3) is 0.538. The summed E-state index contributed by atoms with van der Waals surface area (Å²) >= 11 is 6.34. The highest BCUT2D eigenvalue weighted by molar-refractivity contribution is 6.21. The molecule has 0 aromatic heterocycles. The molecule has 2 atom stereocenters. The Bertz CT molecular complexity index is 348. The maximum atomic E-state index is 6.34. The first kappa shape index (κ1) is 10.8. The van der Waals surface area contributed by atoms with Crippen LogP contribution in [0.5, 0.6) is 5.75 Å². The molecule has 82 valence electrons. The Morgan fingerprint density at radius 2 is 2.13 bits per heavy atom. The molecule has 2 rings (SSSR count). The second kappa shape index (κ2) is 4.44. The van der Waals surface area contributed by atoms with Crippen molar-refractivity contribution in [3.8, 4) is 5.75 Å². The molecule has 1 aromatic carbocycles. The van der Waals surface area contributed by atoms with Crippen LogP contribution in [0, 0.1) is 6.92 Å². The van der Waals surface area contributed by atoms with Crippen molar-refractivity contribution in [3.05, 3.63) is 29.3 Å². The minimum Gasteiger partial charge on any atom is -0.496 e. The molecule has 1 aliphatic carbocycles.